The third kappa shape index (κ3) is 6.87. The van der Waals surface area contributed by atoms with Gasteiger partial charge >= 0.3 is 6.09 Å². The van der Waals surface area contributed by atoms with Gasteiger partial charge in [0.15, 0.2) is 0 Å². The third-order valence-corrected chi connectivity index (χ3v) is 6.93. The summed E-state index contributed by atoms with van der Waals surface area (Å²) in [6, 6.07) is 10.5. The number of carbonyl (C=O) groups is 1. The van der Waals surface area contributed by atoms with Crippen molar-refractivity contribution in [2.75, 3.05) is 26.3 Å². The third-order valence-electron chi connectivity index (χ3n) is 6.93. The number of ether oxygens (including phenoxy) is 2. The van der Waals surface area contributed by atoms with Crippen LogP contribution < -0.4 is 0 Å². The van der Waals surface area contributed by atoms with Gasteiger partial charge in [-0.05, 0) is 76.3 Å². The Kier molecular flexibility index (Phi) is 8.35. The van der Waals surface area contributed by atoms with Crippen molar-refractivity contribution >= 4 is 17.0 Å². The molecule has 0 aliphatic carbocycles. The molecule has 0 bridgehead atoms. The van der Waals surface area contributed by atoms with Crippen LogP contribution in [0.3, 0.4) is 0 Å². The lowest BCUT2D eigenvalue weighted by Crippen LogP contribution is -2.48. The Balaban J connectivity index is 1.44. The molecule has 1 saturated heterocycles. The number of rotatable bonds is 8. The van der Waals surface area contributed by atoms with Crippen LogP contribution in [0.2, 0.25) is 0 Å². The number of aromatic nitrogens is 2. The highest BCUT2D eigenvalue weighted by Crippen LogP contribution is 2.37. The zero-order chi connectivity index (χ0) is 27.5. The van der Waals surface area contributed by atoms with E-state index < -0.39 is 18.6 Å². The summed E-state index contributed by atoms with van der Waals surface area (Å²) in [6.07, 6.45) is 0.742. The van der Waals surface area contributed by atoms with E-state index in [0.29, 0.717) is 51.1 Å². The van der Waals surface area contributed by atoms with Crippen molar-refractivity contribution in [3.05, 3.63) is 65.1 Å². The Hall–Kier alpha value is -3.07. The lowest BCUT2D eigenvalue weighted by Gasteiger charge is -2.42. The second-order valence-electron chi connectivity index (χ2n) is 11.2. The average molecular weight is 532 g/mol. The van der Waals surface area contributed by atoms with Crippen LogP contribution in [-0.4, -0.2) is 59.1 Å². The molecule has 1 fully saturated rings. The number of halogens is 3. The minimum Gasteiger partial charge on any atom is -0.444 e. The maximum Gasteiger partial charge on any atom is 0.410 e. The molecule has 2 aromatic carbocycles. The number of likely N-dealkylation sites (tertiary alicyclic amines) is 1. The summed E-state index contributed by atoms with van der Waals surface area (Å²) in [7, 11) is 0. The summed E-state index contributed by atoms with van der Waals surface area (Å²) in [4.78, 5) is 14.3. The van der Waals surface area contributed by atoms with Gasteiger partial charge in [0.05, 0.1) is 18.7 Å². The van der Waals surface area contributed by atoms with Crippen LogP contribution in [0.15, 0.2) is 42.6 Å². The molecule has 0 atom stereocenters. The standard InChI is InChI=1S/C29H36F3N3O3/c1-20-15-21(26-22(16-20)17-35(33-26)18-25(31)32)9-14-37-19-29(23-5-7-24(30)8-6-23)10-12-34(13-11-29)27(36)38-28(2,3)4/h5-8,15-17,25H,9-14,18-19H2,1-4H3. The molecule has 2 heterocycles. The largest absolute Gasteiger partial charge is 0.444 e. The second-order valence-corrected chi connectivity index (χ2v) is 11.2. The van der Waals surface area contributed by atoms with Gasteiger partial charge in [0, 0.05) is 30.1 Å². The highest BCUT2D eigenvalue weighted by atomic mass is 19.3. The molecule has 1 amide bonds. The maximum absolute atomic E-state index is 13.7. The van der Waals surface area contributed by atoms with Crippen molar-refractivity contribution in [3.8, 4) is 0 Å². The number of carbonyl (C=O) groups excluding carboxylic acids is 1. The van der Waals surface area contributed by atoms with E-state index in [2.05, 4.69) is 5.10 Å². The van der Waals surface area contributed by atoms with E-state index in [4.69, 9.17) is 9.47 Å². The first-order chi connectivity index (χ1) is 17.9. The Morgan fingerprint density at radius 3 is 2.45 bits per heavy atom. The molecular weight excluding hydrogens is 495 g/mol. The molecular formula is C29H36F3N3O3. The molecule has 1 aromatic heterocycles. The molecule has 0 spiro atoms. The highest BCUT2D eigenvalue weighted by Gasteiger charge is 2.39. The Morgan fingerprint density at radius 2 is 1.82 bits per heavy atom. The van der Waals surface area contributed by atoms with Crippen LogP contribution in [0.4, 0.5) is 18.0 Å². The number of benzene rings is 2. The van der Waals surface area contributed by atoms with Gasteiger partial charge in [0.2, 0.25) is 0 Å². The van der Waals surface area contributed by atoms with Gasteiger partial charge in [-0.25, -0.2) is 18.0 Å². The number of aryl methyl sites for hydroxylation is 1. The quantitative estimate of drug-likeness (QED) is 0.321. The lowest BCUT2D eigenvalue weighted by molar-refractivity contribution is 0.00565. The average Bonchev–Trinajstić information content (AvgIpc) is 3.23. The molecule has 1 aliphatic rings. The Labute approximate surface area is 221 Å². The molecule has 1 aliphatic heterocycles. The maximum atomic E-state index is 13.7. The monoisotopic (exact) mass is 531 g/mol. The summed E-state index contributed by atoms with van der Waals surface area (Å²) < 4.78 is 52.5. The first-order valence-corrected chi connectivity index (χ1v) is 13.0. The molecule has 38 heavy (non-hydrogen) atoms. The fourth-order valence-electron chi connectivity index (χ4n) is 5.06. The van der Waals surface area contributed by atoms with E-state index in [1.165, 1.54) is 16.8 Å². The predicted octanol–water partition coefficient (Wildman–Crippen LogP) is 6.28. The number of hydrogen-bond donors (Lipinski definition) is 0. The van der Waals surface area contributed by atoms with Gasteiger partial charge in [-0.15, -0.1) is 0 Å². The summed E-state index contributed by atoms with van der Waals surface area (Å²) in [5, 5.41) is 5.21. The number of hydrogen-bond acceptors (Lipinski definition) is 4. The molecule has 0 radical (unpaired) electrons. The van der Waals surface area contributed by atoms with E-state index in [1.807, 2.05) is 39.8 Å². The number of nitrogens with zero attached hydrogens (tertiary/aromatic N) is 3. The van der Waals surface area contributed by atoms with Crippen LogP contribution in [0.1, 0.15) is 50.3 Å². The Bertz CT molecular complexity index is 1240. The van der Waals surface area contributed by atoms with Crippen molar-refractivity contribution < 1.29 is 27.4 Å². The van der Waals surface area contributed by atoms with Crippen molar-refractivity contribution in [1.82, 2.24) is 14.7 Å². The topological polar surface area (TPSA) is 56.6 Å². The first kappa shape index (κ1) is 28.0. The van der Waals surface area contributed by atoms with Gasteiger partial charge < -0.3 is 14.4 Å². The van der Waals surface area contributed by atoms with Gasteiger partial charge in [-0.1, -0.05) is 23.8 Å². The van der Waals surface area contributed by atoms with E-state index in [-0.39, 0.29) is 17.3 Å². The van der Waals surface area contributed by atoms with E-state index in [0.717, 1.165) is 22.1 Å². The van der Waals surface area contributed by atoms with E-state index in [1.54, 1.807) is 23.2 Å². The number of fused-ring (bicyclic) bond motifs is 1. The van der Waals surface area contributed by atoms with Crippen molar-refractivity contribution in [3.63, 3.8) is 0 Å². The highest BCUT2D eigenvalue weighted by molar-refractivity contribution is 5.82. The van der Waals surface area contributed by atoms with Gasteiger partial charge in [0.25, 0.3) is 6.43 Å². The molecule has 6 nitrogen and oxygen atoms in total. The fourth-order valence-corrected chi connectivity index (χ4v) is 5.06. The number of piperidine rings is 1. The minimum atomic E-state index is -2.47. The van der Waals surface area contributed by atoms with Crippen LogP contribution >= 0.6 is 0 Å². The van der Waals surface area contributed by atoms with Crippen molar-refractivity contribution in [1.29, 1.82) is 0 Å². The normalized spacial score (nSPS) is 15.8. The molecule has 9 heteroatoms. The van der Waals surface area contributed by atoms with Crippen molar-refractivity contribution in [2.24, 2.45) is 0 Å². The van der Waals surface area contributed by atoms with E-state index >= 15 is 0 Å². The molecule has 206 valence electrons. The molecule has 4 rings (SSSR count). The SMILES string of the molecule is Cc1cc(CCOCC2(c3ccc(F)cc3)CCN(C(=O)OC(C)(C)C)CC2)c2nn(CC(F)F)cc2c1. The minimum absolute atomic E-state index is 0.300. The zero-order valence-corrected chi connectivity index (χ0v) is 22.5. The zero-order valence-electron chi connectivity index (χ0n) is 22.5. The van der Waals surface area contributed by atoms with Crippen LogP contribution in [-0.2, 0) is 27.9 Å². The predicted molar refractivity (Wildman–Crippen MR) is 140 cm³/mol. The second kappa shape index (κ2) is 11.4. The molecule has 0 saturated carbocycles. The number of alkyl halides is 2. The summed E-state index contributed by atoms with van der Waals surface area (Å²) in [5.74, 6) is -0.300. The van der Waals surface area contributed by atoms with Gasteiger partial charge in [-0.2, -0.15) is 5.10 Å². The first-order valence-electron chi connectivity index (χ1n) is 13.0. The van der Waals surface area contributed by atoms with Crippen LogP contribution in [0.25, 0.3) is 10.9 Å². The number of amides is 1. The van der Waals surface area contributed by atoms with E-state index in [9.17, 15) is 18.0 Å². The fraction of sp³-hybridized carbons (Fsp3) is 0.517. The van der Waals surface area contributed by atoms with Crippen molar-refractivity contribution in [2.45, 2.75) is 70.9 Å². The van der Waals surface area contributed by atoms with Crippen LogP contribution in [0, 0.1) is 12.7 Å². The summed E-state index contributed by atoms with van der Waals surface area (Å²) in [6.45, 7) is 8.91. The smallest absolute Gasteiger partial charge is 0.410 e. The lowest BCUT2D eigenvalue weighted by atomic mass is 9.73. The summed E-state index contributed by atoms with van der Waals surface area (Å²) in [5.41, 5.74) is 2.73. The summed E-state index contributed by atoms with van der Waals surface area (Å²) >= 11 is 0. The molecule has 0 N–H and O–H groups in total. The van der Waals surface area contributed by atoms with Crippen LogP contribution in [0.5, 0.6) is 0 Å². The van der Waals surface area contributed by atoms with Gasteiger partial charge in [-0.3, -0.25) is 4.68 Å². The van der Waals surface area contributed by atoms with Gasteiger partial charge in [0.1, 0.15) is 18.0 Å². The molecule has 0 unspecified atom stereocenters. The molecule has 3 aromatic rings. The Morgan fingerprint density at radius 1 is 1.13 bits per heavy atom.